The summed E-state index contributed by atoms with van der Waals surface area (Å²) >= 11 is 1.55. The highest BCUT2D eigenvalue weighted by molar-refractivity contribution is 8.01. The molecule has 2 aliphatic rings. The summed E-state index contributed by atoms with van der Waals surface area (Å²) in [7, 11) is 0. The van der Waals surface area contributed by atoms with Crippen molar-refractivity contribution in [3.63, 3.8) is 0 Å². The monoisotopic (exact) mass is 392 g/mol. The van der Waals surface area contributed by atoms with Crippen molar-refractivity contribution < 1.29 is 29.0 Å². The minimum absolute atomic E-state index is 0.0748. The van der Waals surface area contributed by atoms with Gasteiger partial charge in [0.15, 0.2) is 12.4 Å². The number of phenolic OH excluding ortho intramolecular Hbond substituents is 1. The number of carbonyl (C=O) groups is 4. The molecule has 0 spiro atoms. The summed E-state index contributed by atoms with van der Waals surface area (Å²) in [4.78, 5) is 49.1. The number of anilines is 1. The van der Waals surface area contributed by atoms with Gasteiger partial charge in [-0.05, 0) is 31.5 Å². The van der Waals surface area contributed by atoms with Crippen molar-refractivity contribution in [3.05, 3.63) is 23.8 Å². The Bertz CT molecular complexity index is 826. The van der Waals surface area contributed by atoms with Gasteiger partial charge in [0.25, 0.3) is 0 Å². The van der Waals surface area contributed by atoms with Gasteiger partial charge in [0.2, 0.25) is 11.8 Å². The Morgan fingerprint density at radius 1 is 1.41 bits per heavy atom. The molecule has 2 amide bonds. The minimum Gasteiger partial charge on any atom is -0.506 e. The Kier molecular flexibility index (Phi) is 5.14. The topological polar surface area (TPSA) is 113 Å². The van der Waals surface area contributed by atoms with E-state index in [0.717, 1.165) is 0 Å². The molecule has 2 heterocycles. The third kappa shape index (κ3) is 3.78. The fourth-order valence-electron chi connectivity index (χ4n) is 3.31. The van der Waals surface area contributed by atoms with Crippen LogP contribution in [0, 0.1) is 0 Å². The lowest BCUT2D eigenvalue weighted by molar-refractivity contribution is -0.152. The molecule has 2 atom stereocenters. The Labute approximate surface area is 160 Å². The van der Waals surface area contributed by atoms with Crippen LogP contribution in [0.25, 0.3) is 0 Å². The van der Waals surface area contributed by atoms with Gasteiger partial charge in [-0.15, -0.1) is 11.8 Å². The number of esters is 1. The van der Waals surface area contributed by atoms with Gasteiger partial charge in [0.05, 0.1) is 10.6 Å². The van der Waals surface area contributed by atoms with Crippen LogP contribution in [0.1, 0.15) is 37.0 Å². The number of nitrogens with zero attached hydrogens (tertiary/aromatic N) is 1. The van der Waals surface area contributed by atoms with Crippen molar-refractivity contribution in [3.8, 4) is 5.75 Å². The maximum absolute atomic E-state index is 12.4. The van der Waals surface area contributed by atoms with Crippen LogP contribution < -0.4 is 5.32 Å². The molecule has 0 bridgehead atoms. The van der Waals surface area contributed by atoms with Crippen molar-refractivity contribution in [2.45, 2.75) is 37.6 Å². The summed E-state index contributed by atoms with van der Waals surface area (Å²) in [5, 5.41) is 12.1. The summed E-state index contributed by atoms with van der Waals surface area (Å²) in [6.45, 7) is 2.73. The number of benzene rings is 1. The van der Waals surface area contributed by atoms with Crippen LogP contribution in [0.5, 0.6) is 5.75 Å². The van der Waals surface area contributed by atoms with E-state index in [-0.39, 0.29) is 27.8 Å². The highest BCUT2D eigenvalue weighted by Gasteiger charge is 2.53. The van der Waals surface area contributed by atoms with Gasteiger partial charge in [-0.2, -0.15) is 0 Å². The van der Waals surface area contributed by atoms with Crippen molar-refractivity contribution >= 4 is 41.0 Å². The number of carbonyl (C=O) groups excluding carboxylic acids is 4. The van der Waals surface area contributed by atoms with E-state index in [1.54, 1.807) is 16.7 Å². The third-order valence-electron chi connectivity index (χ3n) is 4.69. The van der Waals surface area contributed by atoms with Crippen LogP contribution in [0.3, 0.4) is 0 Å². The number of phenols is 1. The molecule has 0 aliphatic carbocycles. The molecule has 3 rings (SSSR count). The number of hydrogen-bond acceptors (Lipinski definition) is 7. The highest BCUT2D eigenvalue weighted by atomic mass is 32.2. The maximum Gasteiger partial charge on any atom is 0.330 e. The third-order valence-corrected chi connectivity index (χ3v) is 6.20. The molecule has 2 fully saturated rings. The quantitative estimate of drug-likeness (QED) is 0.444. The van der Waals surface area contributed by atoms with E-state index in [4.69, 9.17) is 4.74 Å². The Balaban J connectivity index is 1.63. The molecule has 0 unspecified atom stereocenters. The molecule has 1 aromatic carbocycles. The van der Waals surface area contributed by atoms with Crippen LogP contribution in [0.4, 0.5) is 5.69 Å². The van der Waals surface area contributed by atoms with Crippen LogP contribution in [-0.2, 0) is 19.1 Å². The van der Waals surface area contributed by atoms with Crippen molar-refractivity contribution in [1.29, 1.82) is 0 Å². The van der Waals surface area contributed by atoms with Crippen LogP contribution >= 0.6 is 11.8 Å². The Morgan fingerprint density at radius 3 is 2.85 bits per heavy atom. The average Bonchev–Trinajstić information content (AvgIpc) is 3.10. The lowest BCUT2D eigenvalue weighted by Gasteiger charge is -2.29. The zero-order valence-corrected chi connectivity index (χ0v) is 15.8. The lowest BCUT2D eigenvalue weighted by atomic mass is 10.1. The van der Waals surface area contributed by atoms with E-state index in [9.17, 15) is 24.3 Å². The molecule has 2 saturated heterocycles. The number of rotatable bonds is 5. The largest absolute Gasteiger partial charge is 0.506 e. The molecular weight excluding hydrogens is 372 g/mol. The van der Waals surface area contributed by atoms with Gasteiger partial charge < -0.3 is 20.1 Å². The number of ketones is 1. The number of amides is 2. The van der Waals surface area contributed by atoms with Gasteiger partial charge in [-0.1, -0.05) is 0 Å². The van der Waals surface area contributed by atoms with Gasteiger partial charge in [-0.25, -0.2) is 4.79 Å². The summed E-state index contributed by atoms with van der Waals surface area (Å²) in [5.41, 5.74) is 0.289. The lowest BCUT2D eigenvalue weighted by Crippen LogP contribution is -2.46. The van der Waals surface area contributed by atoms with E-state index in [0.29, 0.717) is 18.6 Å². The van der Waals surface area contributed by atoms with Crippen molar-refractivity contribution in [2.75, 3.05) is 17.7 Å². The number of ether oxygens (including phenoxy) is 1. The molecule has 9 heteroatoms. The molecule has 0 radical (unpaired) electrons. The fourth-order valence-corrected chi connectivity index (χ4v) is 4.73. The predicted octanol–water partition coefficient (Wildman–Crippen LogP) is 1.53. The summed E-state index contributed by atoms with van der Waals surface area (Å²) in [5.74, 6) is -1.27. The first kappa shape index (κ1) is 19.2. The fraction of sp³-hybridized carbons (Fsp3) is 0.444. The van der Waals surface area contributed by atoms with Crippen molar-refractivity contribution in [2.24, 2.45) is 0 Å². The van der Waals surface area contributed by atoms with Crippen LogP contribution in [-0.4, -0.2) is 56.8 Å². The molecule has 0 aromatic heterocycles. The molecule has 27 heavy (non-hydrogen) atoms. The predicted molar refractivity (Wildman–Crippen MR) is 98.4 cm³/mol. The Morgan fingerprint density at radius 2 is 2.15 bits per heavy atom. The zero-order chi connectivity index (χ0) is 19.8. The van der Waals surface area contributed by atoms with E-state index < -0.39 is 30.3 Å². The van der Waals surface area contributed by atoms with Crippen LogP contribution in [0.15, 0.2) is 18.2 Å². The number of thioether (sulfide) groups is 1. The maximum atomic E-state index is 12.4. The SMILES string of the molecule is CC(=O)Nc1cc(C(=O)COC(=O)[C@@H]2CS[C@]3(C)CCC(=O)N23)ccc1O. The average molecular weight is 392 g/mol. The number of hydrogen-bond donors (Lipinski definition) is 2. The first-order valence-electron chi connectivity index (χ1n) is 8.48. The Hall–Kier alpha value is -2.55. The van der Waals surface area contributed by atoms with Gasteiger partial charge >= 0.3 is 5.97 Å². The van der Waals surface area contributed by atoms with E-state index in [1.165, 1.54) is 25.1 Å². The molecule has 1 aromatic rings. The normalized spacial score (nSPS) is 23.9. The minimum atomic E-state index is -0.683. The van der Waals surface area contributed by atoms with E-state index >= 15 is 0 Å². The summed E-state index contributed by atoms with van der Waals surface area (Å²) in [6.07, 6.45) is 1.10. The number of aromatic hydroxyl groups is 1. The molecule has 144 valence electrons. The van der Waals surface area contributed by atoms with E-state index in [2.05, 4.69) is 5.32 Å². The molecule has 2 aliphatic heterocycles. The molecule has 0 saturated carbocycles. The van der Waals surface area contributed by atoms with Gasteiger partial charge in [0.1, 0.15) is 11.8 Å². The van der Waals surface area contributed by atoms with Gasteiger partial charge in [-0.3, -0.25) is 14.4 Å². The van der Waals surface area contributed by atoms with Gasteiger partial charge in [0, 0.05) is 24.7 Å². The smallest absolute Gasteiger partial charge is 0.330 e. The van der Waals surface area contributed by atoms with Crippen molar-refractivity contribution in [1.82, 2.24) is 4.90 Å². The zero-order valence-electron chi connectivity index (χ0n) is 15.0. The van der Waals surface area contributed by atoms with E-state index in [1.807, 2.05) is 6.92 Å². The second-order valence-electron chi connectivity index (χ2n) is 6.71. The first-order chi connectivity index (χ1) is 12.7. The molecule has 8 nitrogen and oxygen atoms in total. The number of Topliss-reactive ketones (excluding diaryl/α,β-unsaturated/α-hetero) is 1. The summed E-state index contributed by atoms with van der Waals surface area (Å²) < 4.78 is 5.15. The molecule has 2 N–H and O–H groups in total. The standard InChI is InChI=1S/C18H20N2O6S/c1-10(21)19-12-7-11(3-4-14(12)22)15(23)8-26-17(25)13-9-27-18(2)6-5-16(24)20(13)18/h3-4,7,13,22H,5-6,8-9H2,1-2H3,(H,19,21)/t13-,18+/m0/s1. The molecular formula is C18H20N2O6S. The summed E-state index contributed by atoms with van der Waals surface area (Å²) in [6, 6.07) is 3.29. The van der Waals surface area contributed by atoms with Crippen LogP contribution in [0.2, 0.25) is 0 Å². The second-order valence-corrected chi connectivity index (χ2v) is 8.21. The number of fused-ring (bicyclic) bond motifs is 1. The first-order valence-corrected chi connectivity index (χ1v) is 9.46. The second kappa shape index (κ2) is 7.22. The highest BCUT2D eigenvalue weighted by Crippen LogP contribution is 2.47. The number of nitrogens with one attached hydrogen (secondary N) is 1.